The Balaban J connectivity index is 1.88. The van der Waals surface area contributed by atoms with Gasteiger partial charge in [0.05, 0.1) is 19.6 Å². The van der Waals surface area contributed by atoms with E-state index in [-0.39, 0.29) is 5.91 Å². The normalized spacial score (nSPS) is 14.8. The summed E-state index contributed by atoms with van der Waals surface area (Å²) in [4.78, 5) is 12.9. The molecule has 0 unspecified atom stereocenters. The number of methoxy groups -OCH3 is 2. The second-order valence-electron chi connectivity index (χ2n) is 6.07. The zero-order chi connectivity index (χ0) is 17.3. The molecule has 3 rings (SSSR count). The highest BCUT2D eigenvalue weighted by Crippen LogP contribution is 2.50. The van der Waals surface area contributed by atoms with E-state index >= 15 is 0 Å². The first-order chi connectivity index (χ1) is 11.5. The topological polar surface area (TPSA) is 47.6 Å². The molecular weight excluding hydrogens is 326 g/mol. The van der Waals surface area contributed by atoms with E-state index in [0.717, 1.165) is 29.7 Å². The van der Waals surface area contributed by atoms with Crippen molar-refractivity contribution in [1.29, 1.82) is 0 Å². The second-order valence-corrected chi connectivity index (χ2v) is 6.50. The SMILES string of the molecule is COc1ccc(C2(C(=O)Nc3cc(Cl)ccc3C)CC2)cc1OC. The standard InChI is InChI=1S/C19H20ClNO3/c1-12-4-6-14(20)11-15(12)21-18(22)19(8-9-19)13-5-7-16(23-2)17(10-13)24-3/h4-7,10-11H,8-9H2,1-3H3,(H,21,22). The summed E-state index contributed by atoms with van der Waals surface area (Å²) in [5, 5.41) is 3.63. The molecule has 1 fully saturated rings. The van der Waals surface area contributed by atoms with Crippen LogP contribution in [0.15, 0.2) is 36.4 Å². The molecule has 4 nitrogen and oxygen atoms in total. The lowest BCUT2D eigenvalue weighted by atomic mass is 9.94. The van der Waals surface area contributed by atoms with Crippen molar-refractivity contribution in [3.63, 3.8) is 0 Å². The first kappa shape index (κ1) is 16.7. The van der Waals surface area contributed by atoms with Gasteiger partial charge < -0.3 is 14.8 Å². The molecule has 0 aromatic heterocycles. The van der Waals surface area contributed by atoms with Crippen LogP contribution in [-0.2, 0) is 10.2 Å². The number of amides is 1. The Morgan fingerprint density at radius 1 is 1.08 bits per heavy atom. The van der Waals surface area contributed by atoms with Crippen molar-refractivity contribution in [3.8, 4) is 11.5 Å². The van der Waals surface area contributed by atoms with Gasteiger partial charge in [-0.25, -0.2) is 0 Å². The van der Waals surface area contributed by atoms with Gasteiger partial charge in [0.15, 0.2) is 11.5 Å². The summed E-state index contributed by atoms with van der Waals surface area (Å²) in [6.07, 6.45) is 1.63. The summed E-state index contributed by atoms with van der Waals surface area (Å²) in [5.41, 5.74) is 2.17. The summed E-state index contributed by atoms with van der Waals surface area (Å²) in [7, 11) is 3.19. The largest absolute Gasteiger partial charge is 0.493 e. The molecule has 0 saturated heterocycles. The van der Waals surface area contributed by atoms with Gasteiger partial charge in [-0.15, -0.1) is 0 Å². The van der Waals surface area contributed by atoms with Crippen LogP contribution in [0.5, 0.6) is 11.5 Å². The lowest BCUT2D eigenvalue weighted by Gasteiger charge is -2.18. The number of rotatable bonds is 5. The molecule has 126 valence electrons. The number of halogens is 1. The molecular formula is C19H20ClNO3. The Morgan fingerprint density at radius 2 is 1.79 bits per heavy atom. The minimum atomic E-state index is -0.506. The molecule has 0 spiro atoms. The summed E-state index contributed by atoms with van der Waals surface area (Å²) < 4.78 is 10.6. The predicted molar refractivity (Wildman–Crippen MR) is 95.3 cm³/mol. The average Bonchev–Trinajstić information content (AvgIpc) is 3.39. The van der Waals surface area contributed by atoms with Crippen molar-refractivity contribution in [3.05, 3.63) is 52.5 Å². The van der Waals surface area contributed by atoms with Crippen molar-refractivity contribution in [2.24, 2.45) is 0 Å². The fraction of sp³-hybridized carbons (Fsp3) is 0.316. The van der Waals surface area contributed by atoms with E-state index in [0.29, 0.717) is 16.5 Å². The van der Waals surface area contributed by atoms with Crippen molar-refractivity contribution in [2.75, 3.05) is 19.5 Å². The molecule has 1 saturated carbocycles. The molecule has 0 atom stereocenters. The summed E-state index contributed by atoms with van der Waals surface area (Å²) in [5.74, 6) is 1.27. The lowest BCUT2D eigenvalue weighted by Crippen LogP contribution is -2.28. The number of hydrogen-bond donors (Lipinski definition) is 1. The van der Waals surface area contributed by atoms with Gasteiger partial charge in [-0.05, 0) is 55.2 Å². The summed E-state index contributed by atoms with van der Waals surface area (Å²) in [6.45, 7) is 1.95. The van der Waals surface area contributed by atoms with Gasteiger partial charge >= 0.3 is 0 Å². The van der Waals surface area contributed by atoms with Gasteiger partial charge in [0, 0.05) is 10.7 Å². The van der Waals surface area contributed by atoms with E-state index < -0.39 is 5.41 Å². The number of hydrogen-bond acceptors (Lipinski definition) is 3. The maximum Gasteiger partial charge on any atom is 0.235 e. The van der Waals surface area contributed by atoms with Crippen LogP contribution >= 0.6 is 11.6 Å². The minimum Gasteiger partial charge on any atom is -0.493 e. The molecule has 1 aliphatic rings. The number of aryl methyl sites for hydroxylation is 1. The van der Waals surface area contributed by atoms with E-state index in [9.17, 15) is 4.79 Å². The van der Waals surface area contributed by atoms with Crippen LogP contribution < -0.4 is 14.8 Å². The Morgan fingerprint density at radius 3 is 2.42 bits per heavy atom. The zero-order valence-corrected chi connectivity index (χ0v) is 14.7. The van der Waals surface area contributed by atoms with Crippen LogP contribution in [0.4, 0.5) is 5.69 Å². The van der Waals surface area contributed by atoms with Crippen molar-refractivity contribution in [2.45, 2.75) is 25.2 Å². The predicted octanol–water partition coefficient (Wildman–Crippen LogP) is 4.34. The van der Waals surface area contributed by atoms with E-state index in [2.05, 4.69) is 5.32 Å². The molecule has 0 heterocycles. The van der Waals surface area contributed by atoms with Gasteiger partial charge in [0.2, 0.25) is 5.91 Å². The van der Waals surface area contributed by atoms with Crippen LogP contribution in [0.25, 0.3) is 0 Å². The van der Waals surface area contributed by atoms with Crippen molar-refractivity contribution >= 4 is 23.2 Å². The molecule has 0 aliphatic heterocycles. The maximum atomic E-state index is 12.9. The maximum absolute atomic E-state index is 12.9. The molecule has 0 bridgehead atoms. The third-order valence-electron chi connectivity index (χ3n) is 4.57. The van der Waals surface area contributed by atoms with E-state index in [1.54, 1.807) is 20.3 Å². The molecule has 2 aromatic rings. The third-order valence-corrected chi connectivity index (χ3v) is 4.80. The summed E-state index contributed by atoms with van der Waals surface area (Å²) in [6, 6.07) is 11.1. The van der Waals surface area contributed by atoms with Gasteiger partial charge in [-0.2, -0.15) is 0 Å². The molecule has 1 N–H and O–H groups in total. The molecule has 0 radical (unpaired) electrons. The van der Waals surface area contributed by atoms with Gasteiger partial charge in [0.1, 0.15) is 0 Å². The Bertz CT molecular complexity index is 784. The second kappa shape index (κ2) is 6.36. The van der Waals surface area contributed by atoms with E-state index in [4.69, 9.17) is 21.1 Å². The van der Waals surface area contributed by atoms with Gasteiger partial charge in [-0.3, -0.25) is 4.79 Å². The number of benzene rings is 2. The minimum absolute atomic E-state index is 0.0138. The highest BCUT2D eigenvalue weighted by atomic mass is 35.5. The first-order valence-electron chi connectivity index (χ1n) is 7.80. The van der Waals surface area contributed by atoms with E-state index in [1.165, 1.54) is 0 Å². The summed E-state index contributed by atoms with van der Waals surface area (Å²) >= 11 is 6.04. The number of anilines is 1. The molecule has 1 amide bonds. The molecule has 5 heteroatoms. The zero-order valence-electron chi connectivity index (χ0n) is 14.0. The van der Waals surface area contributed by atoms with Crippen molar-refractivity contribution in [1.82, 2.24) is 0 Å². The molecule has 24 heavy (non-hydrogen) atoms. The highest BCUT2D eigenvalue weighted by Gasteiger charge is 2.51. The van der Waals surface area contributed by atoms with Crippen LogP contribution in [-0.4, -0.2) is 20.1 Å². The lowest BCUT2D eigenvalue weighted by molar-refractivity contribution is -0.118. The van der Waals surface area contributed by atoms with Gasteiger partial charge in [0.25, 0.3) is 0 Å². The van der Waals surface area contributed by atoms with Crippen LogP contribution in [0.2, 0.25) is 5.02 Å². The fourth-order valence-corrected chi connectivity index (χ4v) is 3.05. The molecule has 2 aromatic carbocycles. The number of ether oxygens (including phenoxy) is 2. The number of nitrogens with one attached hydrogen (secondary N) is 1. The Labute approximate surface area is 146 Å². The number of carbonyl (C=O) groups is 1. The first-order valence-corrected chi connectivity index (χ1v) is 8.18. The Kier molecular flexibility index (Phi) is 4.41. The smallest absolute Gasteiger partial charge is 0.235 e. The van der Waals surface area contributed by atoms with Crippen molar-refractivity contribution < 1.29 is 14.3 Å². The Hall–Kier alpha value is -2.20. The monoisotopic (exact) mass is 345 g/mol. The quantitative estimate of drug-likeness (QED) is 0.877. The van der Waals surface area contributed by atoms with Crippen LogP contribution in [0, 0.1) is 6.92 Å². The van der Waals surface area contributed by atoms with E-state index in [1.807, 2.05) is 37.3 Å². The van der Waals surface area contributed by atoms with Crippen LogP contribution in [0.3, 0.4) is 0 Å². The van der Waals surface area contributed by atoms with Crippen LogP contribution in [0.1, 0.15) is 24.0 Å². The average molecular weight is 346 g/mol. The van der Waals surface area contributed by atoms with Gasteiger partial charge in [-0.1, -0.05) is 23.7 Å². The number of carbonyl (C=O) groups excluding carboxylic acids is 1. The highest BCUT2D eigenvalue weighted by molar-refractivity contribution is 6.31. The molecule has 1 aliphatic carbocycles. The third kappa shape index (κ3) is 2.94. The fourth-order valence-electron chi connectivity index (χ4n) is 2.88.